The Labute approximate surface area is 191 Å². The molecular formula is C19H26ClN5O4S2. The maximum atomic E-state index is 12.5. The lowest BCUT2D eigenvalue weighted by atomic mass is 10.2. The monoisotopic (exact) mass is 487 g/mol. The van der Waals surface area contributed by atoms with Crippen LogP contribution in [0.25, 0.3) is 0 Å². The molecular weight excluding hydrogens is 462 g/mol. The predicted octanol–water partition coefficient (Wildman–Crippen LogP) is 2.47. The Morgan fingerprint density at radius 2 is 1.90 bits per heavy atom. The first-order valence-electron chi connectivity index (χ1n) is 9.80. The number of nitrogens with zero attached hydrogens (tertiary/aromatic N) is 4. The minimum Gasteiger partial charge on any atom is -0.363 e. The van der Waals surface area contributed by atoms with Crippen molar-refractivity contribution in [3.05, 3.63) is 49.7 Å². The van der Waals surface area contributed by atoms with Gasteiger partial charge in [0.1, 0.15) is 5.69 Å². The van der Waals surface area contributed by atoms with Crippen molar-refractivity contribution in [1.82, 2.24) is 14.5 Å². The fourth-order valence-electron chi connectivity index (χ4n) is 3.37. The second kappa shape index (κ2) is 10.2. The summed E-state index contributed by atoms with van der Waals surface area (Å²) in [5, 5.41) is 11.7. The Morgan fingerprint density at radius 1 is 1.19 bits per heavy atom. The summed E-state index contributed by atoms with van der Waals surface area (Å²) in [6, 6.07) is 8.00. The molecule has 1 N–H and O–H groups in total. The quantitative estimate of drug-likeness (QED) is 0.428. The number of hydrogen-bond acceptors (Lipinski definition) is 8. The number of likely N-dealkylation sites (N-methyl/N-ethyl adjacent to an activating group) is 1. The van der Waals surface area contributed by atoms with Gasteiger partial charge in [0, 0.05) is 56.8 Å². The van der Waals surface area contributed by atoms with E-state index in [1.165, 1.54) is 17.0 Å². The third kappa shape index (κ3) is 6.37. The van der Waals surface area contributed by atoms with Gasteiger partial charge in [-0.3, -0.25) is 15.0 Å². The lowest BCUT2D eigenvalue weighted by Crippen LogP contribution is -2.46. The Bertz CT molecular complexity index is 1020. The predicted molar refractivity (Wildman–Crippen MR) is 124 cm³/mol. The van der Waals surface area contributed by atoms with E-state index >= 15 is 0 Å². The fourth-order valence-corrected chi connectivity index (χ4v) is 5.55. The number of nitrogens with one attached hydrogen (secondary N) is 1. The van der Waals surface area contributed by atoms with E-state index in [1.54, 1.807) is 11.3 Å². The van der Waals surface area contributed by atoms with Gasteiger partial charge in [-0.25, -0.2) is 13.1 Å². The van der Waals surface area contributed by atoms with Crippen molar-refractivity contribution in [2.45, 2.75) is 11.4 Å². The van der Waals surface area contributed by atoms with E-state index < -0.39 is 14.9 Å². The molecule has 0 bridgehead atoms. The van der Waals surface area contributed by atoms with Gasteiger partial charge in [0.25, 0.3) is 5.69 Å². The standard InChI is InChI=1S/C19H26ClN5O4S2/c1-22(2)8-7-21-31(28,29)16-4-5-17(18(13-16)25(26)27)24-11-9-23(10-12-24)14-15-3-6-19(20)30-15/h3-6,13,21H,7-12,14H2,1-2H3. The average molecular weight is 488 g/mol. The van der Waals surface area contributed by atoms with E-state index in [0.717, 1.165) is 30.0 Å². The molecule has 0 unspecified atom stereocenters. The summed E-state index contributed by atoms with van der Waals surface area (Å²) in [5.41, 5.74) is 0.241. The van der Waals surface area contributed by atoms with Gasteiger partial charge >= 0.3 is 0 Å². The van der Waals surface area contributed by atoms with Crippen molar-refractivity contribution < 1.29 is 13.3 Å². The zero-order valence-electron chi connectivity index (χ0n) is 17.5. The molecule has 0 spiro atoms. The first-order valence-corrected chi connectivity index (χ1v) is 12.5. The highest BCUT2D eigenvalue weighted by molar-refractivity contribution is 7.89. The van der Waals surface area contributed by atoms with Gasteiger partial charge in [-0.2, -0.15) is 0 Å². The number of nitro benzene ring substituents is 1. The van der Waals surface area contributed by atoms with E-state index in [4.69, 9.17) is 11.6 Å². The first kappa shape index (κ1) is 23.9. The molecule has 3 rings (SSSR count). The lowest BCUT2D eigenvalue weighted by molar-refractivity contribution is -0.384. The van der Waals surface area contributed by atoms with E-state index in [1.807, 2.05) is 36.0 Å². The number of anilines is 1. The van der Waals surface area contributed by atoms with Gasteiger partial charge in [0.15, 0.2) is 0 Å². The van der Waals surface area contributed by atoms with Crippen LogP contribution in [0.15, 0.2) is 35.2 Å². The summed E-state index contributed by atoms with van der Waals surface area (Å²) in [6.45, 7) is 4.28. The molecule has 1 aliphatic rings. The van der Waals surface area contributed by atoms with Crippen LogP contribution in [-0.2, 0) is 16.6 Å². The zero-order valence-corrected chi connectivity index (χ0v) is 19.8. The molecule has 1 aromatic carbocycles. The molecule has 1 fully saturated rings. The largest absolute Gasteiger partial charge is 0.363 e. The molecule has 170 valence electrons. The van der Waals surface area contributed by atoms with Crippen LogP contribution in [-0.4, -0.2) is 76.5 Å². The highest BCUT2D eigenvalue weighted by Gasteiger charge is 2.26. The number of rotatable bonds is 9. The molecule has 0 atom stereocenters. The number of piperazine rings is 1. The highest BCUT2D eigenvalue weighted by Crippen LogP contribution is 2.32. The maximum Gasteiger partial charge on any atom is 0.293 e. The molecule has 0 amide bonds. The topological polar surface area (TPSA) is 99.0 Å². The van der Waals surface area contributed by atoms with Gasteiger partial charge in [-0.15, -0.1) is 11.3 Å². The molecule has 0 saturated carbocycles. The SMILES string of the molecule is CN(C)CCNS(=O)(=O)c1ccc(N2CCN(Cc3ccc(Cl)s3)CC2)c([N+](=O)[O-])c1. The van der Waals surface area contributed by atoms with E-state index in [0.29, 0.717) is 25.3 Å². The number of thiophene rings is 1. The number of sulfonamides is 1. The Morgan fingerprint density at radius 3 is 2.48 bits per heavy atom. The van der Waals surface area contributed by atoms with Crippen LogP contribution in [0, 0.1) is 10.1 Å². The summed E-state index contributed by atoms with van der Waals surface area (Å²) in [7, 11) is -0.145. The maximum absolute atomic E-state index is 12.5. The van der Waals surface area contributed by atoms with Gasteiger partial charge in [0.05, 0.1) is 14.2 Å². The first-order chi connectivity index (χ1) is 14.7. The van der Waals surface area contributed by atoms with Crippen LogP contribution in [0.4, 0.5) is 11.4 Å². The zero-order chi connectivity index (χ0) is 22.6. The highest BCUT2D eigenvalue weighted by atomic mass is 35.5. The third-order valence-corrected chi connectivity index (χ3v) is 7.70. The van der Waals surface area contributed by atoms with Crippen LogP contribution in [0.2, 0.25) is 4.34 Å². The molecule has 31 heavy (non-hydrogen) atoms. The molecule has 0 aliphatic carbocycles. The summed E-state index contributed by atoms with van der Waals surface area (Å²) >= 11 is 7.54. The summed E-state index contributed by atoms with van der Waals surface area (Å²) < 4.78 is 28.3. The molecule has 1 saturated heterocycles. The van der Waals surface area contributed by atoms with Gasteiger partial charge in [0.2, 0.25) is 10.0 Å². The Balaban J connectivity index is 1.69. The van der Waals surface area contributed by atoms with Crippen molar-refractivity contribution in [3.8, 4) is 0 Å². The fraction of sp³-hybridized carbons (Fsp3) is 0.474. The van der Waals surface area contributed by atoms with Crippen molar-refractivity contribution in [2.75, 3.05) is 58.3 Å². The van der Waals surface area contributed by atoms with E-state index in [-0.39, 0.29) is 17.1 Å². The number of benzene rings is 1. The minimum absolute atomic E-state index is 0.102. The summed E-state index contributed by atoms with van der Waals surface area (Å²) in [5.74, 6) is 0. The molecule has 2 heterocycles. The van der Waals surface area contributed by atoms with Gasteiger partial charge < -0.3 is 9.80 Å². The number of hydrogen-bond donors (Lipinski definition) is 1. The van der Waals surface area contributed by atoms with E-state index in [2.05, 4.69) is 9.62 Å². The minimum atomic E-state index is -3.82. The summed E-state index contributed by atoms with van der Waals surface area (Å²) in [4.78, 5) is 18.3. The Hall–Kier alpha value is -1.76. The normalized spacial score (nSPS) is 15.5. The van der Waals surface area contributed by atoms with Crippen LogP contribution < -0.4 is 9.62 Å². The molecule has 0 radical (unpaired) electrons. The second-order valence-corrected chi connectivity index (χ2v) is 11.1. The molecule has 1 aromatic heterocycles. The molecule has 2 aromatic rings. The van der Waals surface area contributed by atoms with Crippen LogP contribution in [0.5, 0.6) is 0 Å². The summed E-state index contributed by atoms with van der Waals surface area (Å²) in [6.07, 6.45) is 0. The van der Waals surface area contributed by atoms with Crippen molar-refractivity contribution in [1.29, 1.82) is 0 Å². The third-order valence-electron chi connectivity index (χ3n) is 5.03. The average Bonchev–Trinajstić information content (AvgIpc) is 3.12. The molecule has 9 nitrogen and oxygen atoms in total. The van der Waals surface area contributed by atoms with Crippen LogP contribution in [0.1, 0.15) is 4.88 Å². The number of nitro groups is 1. The molecule has 12 heteroatoms. The van der Waals surface area contributed by atoms with Crippen molar-refractivity contribution in [2.24, 2.45) is 0 Å². The number of halogens is 1. The Kier molecular flexibility index (Phi) is 7.89. The molecule has 1 aliphatic heterocycles. The van der Waals surface area contributed by atoms with E-state index in [9.17, 15) is 18.5 Å². The van der Waals surface area contributed by atoms with Gasteiger partial charge in [-0.05, 0) is 38.4 Å². The van der Waals surface area contributed by atoms with Gasteiger partial charge in [-0.1, -0.05) is 11.6 Å². The second-order valence-electron chi connectivity index (χ2n) is 7.58. The smallest absolute Gasteiger partial charge is 0.293 e. The van der Waals surface area contributed by atoms with Crippen molar-refractivity contribution in [3.63, 3.8) is 0 Å². The van der Waals surface area contributed by atoms with Crippen LogP contribution in [0.3, 0.4) is 0 Å². The lowest BCUT2D eigenvalue weighted by Gasteiger charge is -2.35. The van der Waals surface area contributed by atoms with Crippen molar-refractivity contribution >= 4 is 44.3 Å². The van der Waals surface area contributed by atoms with Crippen LogP contribution >= 0.6 is 22.9 Å².